The Morgan fingerprint density at radius 1 is 0.533 bits per heavy atom. The lowest BCUT2D eigenvalue weighted by Gasteiger charge is -2.21. The molecule has 0 N–H and O–H groups in total. The Morgan fingerprint density at radius 2 is 0.867 bits per heavy atom. The molecule has 0 aromatic rings. The van der Waals surface area contributed by atoms with Gasteiger partial charge in [0.05, 0.1) is 0 Å². The van der Waals surface area contributed by atoms with Crippen molar-refractivity contribution in [2.75, 3.05) is 26.4 Å². The highest BCUT2D eigenvalue weighted by Gasteiger charge is 2.21. The summed E-state index contributed by atoms with van der Waals surface area (Å²) in [5.41, 5.74) is 0. The highest BCUT2D eigenvalue weighted by Crippen LogP contribution is 2.18. The highest BCUT2D eigenvalue weighted by molar-refractivity contribution is 5.60. The van der Waals surface area contributed by atoms with Crippen molar-refractivity contribution < 1.29 is 28.5 Å². The smallest absolute Gasteiger partial charge is 0.434 e. The standard InChI is InChI=1S/C24H40O6/c25-23-27-17-21(18-28-23)15-13-11-9-7-5-3-1-2-4-6-8-10-12-14-16-22-19-29-24(26)30-20-22/h1-2,21-22H,3-20H2/b2-1+. The molecular formula is C24H40O6. The van der Waals surface area contributed by atoms with Crippen LogP contribution in [0.2, 0.25) is 0 Å². The Kier molecular flexibility index (Phi) is 13.1. The second-order valence-electron chi connectivity index (χ2n) is 8.64. The van der Waals surface area contributed by atoms with Gasteiger partial charge >= 0.3 is 12.3 Å². The van der Waals surface area contributed by atoms with E-state index in [0.29, 0.717) is 38.3 Å². The maximum atomic E-state index is 10.8. The van der Waals surface area contributed by atoms with Crippen molar-refractivity contribution in [3.8, 4) is 0 Å². The van der Waals surface area contributed by atoms with Crippen molar-refractivity contribution in [2.45, 2.75) is 89.9 Å². The summed E-state index contributed by atoms with van der Waals surface area (Å²) in [5, 5.41) is 0. The minimum absolute atomic E-state index is 0.388. The number of cyclic esters (lactones) is 4. The van der Waals surface area contributed by atoms with Crippen molar-refractivity contribution >= 4 is 12.3 Å². The molecule has 0 spiro atoms. The summed E-state index contributed by atoms with van der Waals surface area (Å²) >= 11 is 0. The van der Waals surface area contributed by atoms with Crippen LogP contribution in [0.3, 0.4) is 0 Å². The van der Waals surface area contributed by atoms with Gasteiger partial charge < -0.3 is 18.9 Å². The van der Waals surface area contributed by atoms with E-state index in [1.54, 1.807) is 0 Å². The molecule has 0 aliphatic carbocycles. The van der Waals surface area contributed by atoms with Gasteiger partial charge in [-0.3, -0.25) is 0 Å². The Bertz CT molecular complexity index is 440. The van der Waals surface area contributed by atoms with Crippen LogP contribution in [-0.4, -0.2) is 38.7 Å². The van der Waals surface area contributed by atoms with Crippen LogP contribution >= 0.6 is 0 Å². The van der Waals surface area contributed by atoms with E-state index in [2.05, 4.69) is 12.2 Å². The molecule has 2 fully saturated rings. The number of allylic oxidation sites excluding steroid dienone is 2. The Balaban J connectivity index is 1.26. The molecule has 2 aliphatic heterocycles. The third-order valence-corrected chi connectivity index (χ3v) is 5.88. The molecule has 2 saturated heterocycles. The topological polar surface area (TPSA) is 71.1 Å². The normalized spacial score (nSPS) is 18.1. The summed E-state index contributed by atoms with van der Waals surface area (Å²) in [4.78, 5) is 21.6. The molecule has 0 radical (unpaired) electrons. The molecule has 0 amide bonds. The maximum absolute atomic E-state index is 10.8. The summed E-state index contributed by atoms with van der Waals surface area (Å²) in [6.45, 7) is 2.10. The fourth-order valence-electron chi connectivity index (χ4n) is 3.94. The van der Waals surface area contributed by atoms with Crippen molar-refractivity contribution in [1.82, 2.24) is 0 Å². The van der Waals surface area contributed by atoms with Gasteiger partial charge in [0, 0.05) is 11.8 Å². The summed E-state index contributed by atoms with van der Waals surface area (Å²) in [7, 11) is 0. The minimum Gasteiger partial charge on any atom is -0.434 e. The zero-order valence-corrected chi connectivity index (χ0v) is 18.5. The molecule has 172 valence electrons. The molecule has 2 rings (SSSR count). The molecule has 0 saturated carbocycles. The van der Waals surface area contributed by atoms with Gasteiger partial charge in [0.1, 0.15) is 26.4 Å². The lowest BCUT2D eigenvalue weighted by atomic mass is 10.0. The highest BCUT2D eigenvalue weighted by atomic mass is 16.7. The summed E-state index contributed by atoms with van der Waals surface area (Å²) < 4.78 is 19.6. The molecule has 0 aromatic carbocycles. The molecule has 6 nitrogen and oxygen atoms in total. The average Bonchev–Trinajstić information content (AvgIpc) is 2.76. The van der Waals surface area contributed by atoms with Crippen LogP contribution in [0.1, 0.15) is 89.9 Å². The summed E-state index contributed by atoms with van der Waals surface area (Å²) in [6, 6.07) is 0. The first-order valence-corrected chi connectivity index (χ1v) is 12.0. The monoisotopic (exact) mass is 424 g/mol. The number of ether oxygens (including phenoxy) is 4. The molecule has 6 heteroatoms. The first-order valence-electron chi connectivity index (χ1n) is 12.0. The number of hydrogen-bond donors (Lipinski definition) is 0. The molecule has 0 bridgehead atoms. The van der Waals surface area contributed by atoms with Crippen LogP contribution in [0.5, 0.6) is 0 Å². The van der Waals surface area contributed by atoms with E-state index in [4.69, 9.17) is 18.9 Å². The molecule has 30 heavy (non-hydrogen) atoms. The predicted molar refractivity (Wildman–Crippen MR) is 115 cm³/mol. The van der Waals surface area contributed by atoms with Crippen molar-refractivity contribution in [3.05, 3.63) is 12.2 Å². The summed E-state index contributed by atoms with van der Waals surface area (Å²) in [5.74, 6) is 0.775. The van der Waals surface area contributed by atoms with Gasteiger partial charge in [0.2, 0.25) is 0 Å². The number of hydrogen-bond acceptors (Lipinski definition) is 6. The number of rotatable bonds is 16. The van der Waals surface area contributed by atoms with Crippen molar-refractivity contribution in [3.63, 3.8) is 0 Å². The number of unbranched alkanes of at least 4 members (excludes halogenated alkanes) is 10. The van der Waals surface area contributed by atoms with Crippen LogP contribution in [0, 0.1) is 11.8 Å². The molecule has 0 aromatic heterocycles. The van der Waals surface area contributed by atoms with Gasteiger partial charge in [-0.2, -0.15) is 0 Å². The average molecular weight is 425 g/mol. The van der Waals surface area contributed by atoms with Gasteiger partial charge in [-0.1, -0.05) is 63.5 Å². The zero-order valence-electron chi connectivity index (χ0n) is 18.5. The van der Waals surface area contributed by atoms with E-state index in [-0.39, 0.29) is 0 Å². The fraction of sp³-hybridized carbons (Fsp3) is 0.833. The van der Waals surface area contributed by atoms with Crippen LogP contribution in [0.4, 0.5) is 9.59 Å². The first kappa shape index (κ1) is 24.5. The lowest BCUT2D eigenvalue weighted by Crippen LogP contribution is -2.27. The van der Waals surface area contributed by atoms with Crippen molar-refractivity contribution in [1.29, 1.82) is 0 Å². The van der Waals surface area contributed by atoms with E-state index in [1.807, 2.05) is 0 Å². The van der Waals surface area contributed by atoms with E-state index in [9.17, 15) is 9.59 Å². The van der Waals surface area contributed by atoms with E-state index < -0.39 is 12.3 Å². The number of carbonyl (C=O) groups is 2. The van der Waals surface area contributed by atoms with E-state index >= 15 is 0 Å². The molecule has 2 aliphatic rings. The zero-order chi connectivity index (χ0) is 21.3. The Labute approximate surface area is 181 Å². The maximum Gasteiger partial charge on any atom is 0.508 e. The molecule has 2 heterocycles. The van der Waals surface area contributed by atoms with Gasteiger partial charge in [0.15, 0.2) is 0 Å². The second-order valence-corrected chi connectivity index (χ2v) is 8.64. The largest absolute Gasteiger partial charge is 0.508 e. The van der Waals surface area contributed by atoms with Gasteiger partial charge in [-0.15, -0.1) is 0 Å². The quantitative estimate of drug-likeness (QED) is 0.158. The van der Waals surface area contributed by atoms with Crippen LogP contribution < -0.4 is 0 Å². The fourth-order valence-corrected chi connectivity index (χ4v) is 3.94. The minimum atomic E-state index is -0.517. The lowest BCUT2D eigenvalue weighted by molar-refractivity contribution is -0.0151. The molecule has 0 atom stereocenters. The van der Waals surface area contributed by atoms with Crippen LogP contribution in [-0.2, 0) is 18.9 Å². The third-order valence-electron chi connectivity index (χ3n) is 5.88. The van der Waals surface area contributed by atoms with E-state index in [1.165, 1.54) is 77.0 Å². The van der Waals surface area contributed by atoms with Crippen molar-refractivity contribution in [2.24, 2.45) is 11.8 Å². The van der Waals surface area contributed by atoms with E-state index in [0.717, 1.165) is 12.8 Å². The SMILES string of the molecule is O=C1OCC(CCCCCCC/C=C/CCCCCCCC2COC(=O)OC2)CO1. The first-order chi connectivity index (χ1) is 14.7. The number of carbonyl (C=O) groups excluding carboxylic acids is 2. The molecular weight excluding hydrogens is 384 g/mol. The van der Waals surface area contributed by atoms with Crippen LogP contribution in [0.25, 0.3) is 0 Å². The predicted octanol–water partition coefficient (Wildman–Crippen LogP) is 6.57. The molecule has 0 unspecified atom stereocenters. The Hall–Kier alpha value is -1.72. The van der Waals surface area contributed by atoms with Gasteiger partial charge in [-0.05, 0) is 38.5 Å². The summed E-state index contributed by atoms with van der Waals surface area (Å²) in [6.07, 6.45) is 20.9. The van der Waals surface area contributed by atoms with Crippen LogP contribution in [0.15, 0.2) is 12.2 Å². The van der Waals surface area contributed by atoms with Gasteiger partial charge in [-0.25, -0.2) is 9.59 Å². The van der Waals surface area contributed by atoms with Gasteiger partial charge in [0.25, 0.3) is 0 Å². The third kappa shape index (κ3) is 12.1. The Morgan fingerprint density at radius 3 is 1.27 bits per heavy atom. The second kappa shape index (κ2) is 16.0.